The molecule has 2 atom stereocenters. The minimum absolute atomic E-state index is 0.0124. The third-order valence-corrected chi connectivity index (χ3v) is 4.28. The van der Waals surface area contributed by atoms with Crippen molar-refractivity contribution in [2.45, 2.75) is 52.2 Å². The summed E-state index contributed by atoms with van der Waals surface area (Å²) >= 11 is 0. The summed E-state index contributed by atoms with van der Waals surface area (Å²) in [7, 11) is 0. The molecule has 0 aliphatic rings. The molecule has 0 saturated carbocycles. The van der Waals surface area contributed by atoms with Crippen LogP contribution < -0.4 is 10.6 Å². The lowest BCUT2D eigenvalue weighted by Gasteiger charge is -2.21. The van der Waals surface area contributed by atoms with Crippen molar-refractivity contribution in [3.05, 3.63) is 71.0 Å². The first-order valence-electron chi connectivity index (χ1n) is 8.90. The molecule has 25 heavy (non-hydrogen) atoms. The van der Waals surface area contributed by atoms with E-state index in [2.05, 4.69) is 36.5 Å². The number of amides is 1. The van der Waals surface area contributed by atoms with Gasteiger partial charge in [-0.05, 0) is 44.9 Å². The van der Waals surface area contributed by atoms with Crippen LogP contribution in [0.4, 0.5) is 4.39 Å². The van der Waals surface area contributed by atoms with Crippen LogP contribution in [0.5, 0.6) is 0 Å². The van der Waals surface area contributed by atoms with Gasteiger partial charge in [0.25, 0.3) is 5.91 Å². The van der Waals surface area contributed by atoms with E-state index in [-0.39, 0.29) is 29.8 Å². The van der Waals surface area contributed by atoms with Gasteiger partial charge in [0, 0.05) is 17.2 Å². The molecule has 0 unspecified atom stereocenters. The largest absolute Gasteiger partial charge is 0.349 e. The molecule has 0 aliphatic heterocycles. The number of hydrogen-bond acceptors (Lipinski definition) is 1. The van der Waals surface area contributed by atoms with Crippen molar-refractivity contribution < 1.29 is 14.5 Å². The number of quaternary nitrogens is 1. The zero-order chi connectivity index (χ0) is 18.4. The van der Waals surface area contributed by atoms with Crippen LogP contribution in [0.2, 0.25) is 0 Å². The predicted octanol–water partition coefficient (Wildman–Crippen LogP) is 2.95. The molecule has 2 rings (SSSR count). The van der Waals surface area contributed by atoms with Crippen molar-refractivity contribution in [3.63, 3.8) is 0 Å². The number of aryl methyl sites for hydroxylation is 1. The summed E-state index contributed by atoms with van der Waals surface area (Å²) in [6.07, 6.45) is 0.974. The number of carbonyl (C=O) groups excluding carboxylic acids is 1. The Hall–Kier alpha value is -2.20. The van der Waals surface area contributed by atoms with E-state index in [1.807, 2.05) is 32.2 Å². The second-order valence-electron chi connectivity index (χ2n) is 6.77. The van der Waals surface area contributed by atoms with Crippen LogP contribution in [0.15, 0.2) is 48.5 Å². The topological polar surface area (TPSA) is 45.7 Å². The van der Waals surface area contributed by atoms with Gasteiger partial charge in [0.2, 0.25) is 0 Å². The second-order valence-corrected chi connectivity index (χ2v) is 6.77. The molecule has 2 aromatic rings. The molecule has 2 aromatic carbocycles. The van der Waals surface area contributed by atoms with Crippen LogP contribution in [0.1, 0.15) is 50.4 Å². The van der Waals surface area contributed by atoms with Crippen molar-refractivity contribution in [2.75, 3.05) is 0 Å². The Labute approximate surface area is 149 Å². The summed E-state index contributed by atoms with van der Waals surface area (Å²) < 4.78 is 13.7. The van der Waals surface area contributed by atoms with Gasteiger partial charge in [0.15, 0.2) is 6.04 Å². The fourth-order valence-corrected chi connectivity index (χ4v) is 2.87. The van der Waals surface area contributed by atoms with Gasteiger partial charge in [-0.15, -0.1) is 0 Å². The summed E-state index contributed by atoms with van der Waals surface area (Å²) in [4.78, 5) is 12.3. The van der Waals surface area contributed by atoms with Gasteiger partial charge in [-0.25, -0.2) is 4.39 Å². The maximum atomic E-state index is 13.7. The van der Waals surface area contributed by atoms with E-state index in [4.69, 9.17) is 0 Å². The second kappa shape index (κ2) is 8.77. The molecular formula is C21H28FN2O+. The summed E-state index contributed by atoms with van der Waals surface area (Å²) in [5.41, 5.74) is 3.17. The number of carbonyl (C=O) groups is 1. The molecule has 0 heterocycles. The Balaban J connectivity index is 2.30. The SMILES string of the molecule is CCc1ccc([C@H]([NH2+][C@H](C)C(=O)NC(C)C)c2cccc(F)c2)cc1. The minimum Gasteiger partial charge on any atom is -0.349 e. The standard InChI is InChI=1S/C21H27FN2O/c1-5-16-9-11-17(12-10-16)20(18-7-6-8-19(22)13-18)24-15(4)21(25)23-14(2)3/h6-15,20,24H,5H2,1-4H3,(H,23,25)/p+1/t15-,20+/m1/s1. The van der Waals surface area contributed by atoms with Gasteiger partial charge in [0.1, 0.15) is 11.9 Å². The summed E-state index contributed by atoms with van der Waals surface area (Å²) in [6, 6.07) is 14.6. The van der Waals surface area contributed by atoms with E-state index in [1.165, 1.54) is 11.6 Å². The van der Waals surface area contributed by atoms with Gasteiger partial charge >= 0.3 is 0 Å². The fourth-order valence-electron chi connectivity index (χ4n) is 2.87. The Kier molecular flexibility index (Phi) is 6.71. The highest BCUT2D eigenvalue weighted by atomic mass is 19.1. The average Bonchev–Trinajstić information content (AvgIpc) is 2.59. The lowest BCUT2D eigenvalue weighted by atomic mass is 9.96. The average molecular weight is 343 g/mol. The first-order chi connectivity index (χ1) is 11.9. The molecule has 3 nitrogen and oxygen atoms in total. The molecule has 0 bridgehead atoms. The molecule has 0 radical (unpaired) electrons. The van der Waals surface area contributed by atoms with Crippen molar-refractivity contribution >= 4 is 5.91 Å². The van der Waals surface area contributed by atoms with Crippen molar-refractivity contribution in [2.24, 2.45) is 0 Å². The Morgan fingerprint density at radius 1 is 1.08 bits per heavy atom. The molecule has 4 heteroatoms. The highest BCUT2D eigenvalue weighted by Gasteiger charge is 2.25. The number of nitrogens with one attached hydrogen (secondary N) is 1. The van der Waals surface area contributed by atoms with E-state index in [9.17, 15) is 9.18 Å². The summed E-state index contributed by atoms with van der Waals surface area (Å²) in [5, 5.41) is 4.93. The van der Waals surface area contributed by atoms with Crippen LogP contribution in [0, 0.1) is 5.82 Å². The van der Waals surface area contributed by atoms with Gasteiger partial charge in [-0.3, -0.25) is 4.79 Å². The number of benzene rings is 2. The highest BCUT2D eigenvalue weighted by Crippen LogP contribution is 2.20. The van der Waals surface area contributed by atoms with Crippen LogP contribution >= 0.6 is 0 Å². The quantitative estimate of drug-likeness (QED) is 0.798. The molecule has 134 valence electrons. The van der Waals surface area contributed by atoms with Gasteiger partial charge in [0.05, 0.1) is 0 Å². The maximum Gasteiger partial charge on any atom is 0.278 e. The van der Waals surface area contributed by atoms with Crippen LogP contribution in [-0.2, 0) is 11.2 Å². The predicted molar refractivity (Wildman–Crippen MR) is 98.7 cm³/mol. The molecule has 0 saturated heterocycles. The lowest BCUT2D eigenvalue weighted by Crippen LogP contribution is -2.93. The van der Waals surface area contributed by atoms with E-state index in [1.54, 1.807) is 12.1 Å². The number of rotatable bonds is 7. The van der Waals surface area contributed by atoms with E-state index in [0.29, 0.717) is 0 Å². The Morgan fingerprint density at radius 2 is 1.76 bits per heavy atom. The first-order valence-corrected chi connectivity index (χ1v) is 8.90. The highest BCUT2D eigenvalue weighted by molar-refractivity contribution is 5.80. The first kappa shape index (κ1) is 19.1. The molecule has 0 spiro atoms. The van der Waals surface area contributed by atoms with Crippen molar-refractivity contribution in [3.8, 4) is 0 Å². The summed E-state index contributed by atoms with van der Waals surface area (Å²) in [6.45, 7) is 7.88. The minimum atomic E-state index is -0.276. The van der Waals surface area contributed by atoms with E-state index >= 15 is 0 Å². The molecule has 0 aliphatic carbocycles. The molecule has 0 aromatic heterocycles. The van der Waals surface area contributed by atoms with Crippen LogP contribution in [0.25, 0.3) is 0 Å². The zero-order valence-corrected chi connectivity index (χ0v) is 15.4. The van der Waals surface area contributed by atoms with E-state index < -0.39 is 0 Å². The van der Waals surface area contributed by atoms with Gasteiger partial charge in [-0.2, -0.15) is 0 Å². The summed E-state index contributed by atoms with van der Waals surface area (Å²) in [5.74, 6) is -0.276. The van der Waals surface area contributed by atoms with Crippen LogP contribution in [-0.4, -0.2) is 18.0 Å². The van der Waals surface area contributed by atoms with Crippen molar-refractivity contribution in [1.29, 1.82) is 0 Å². The third kappa shape index (κ3) is 5.40. The van der Waals surface area contributed by atoms with E-state index in [0.717, 1.165) is 17.5 Å². The van der Waals surface area contributed by atoms with Crippen molar-refractivity contribution in [1.82, 2.24) is 5.32 Å². The number of halogens is 1. The van der Waals surface area contributed by atoms with Gasteiger partial charge in [-0.1, -0.05) is 43.3 Å². The normalized spacial score (nSPS) is 13.5. The lowest BCUT2D eigenvalue weighted by molar-refractivity contribution is -0.704. The Morgan fingerprint density at radius 3 is 2.32 bits per heavy atom. The smallest absolute Gasteiger partial charge is 0.278 e. The fraction of sp³-hybridized carbons (Fsp3) is 0.381. The molecule has 3 N–H and O–H groups in total. The number of nitrogens with two attached hydrogens (primary N) is 1. The molecular weight excluding hydrogens is 315 g/mol. The monoisotopic (exact) mass is 343 g/mol. The van der Waals surface area contributed by atoms with Gasteiger partial charge < -0.3 is 10.6 Å². The Bertz CT molecular complexity index is 697. The van der Waals surface area contributed by atoms with Crippen LogP contribution in [0.3, 0.4) is 0 Å². The third-order valence-electron chi connectivity index (χ3n) is 4.28. The maximum absolute atomic E-state index is 13.7. The number of hydrogen-bond donors (Lipinski definition) is 2. The molecule has 1 amide bonds. The molecule has 0 fully saturated rings. The zero-order valence-electron chi connectivity index (χ0n) is 15.4.